The smallest absolute Gasteiger partial charge is 0.387 e. The summed E-state index contributed by atoms with van der Waals surface area (Å²) in [5, 5.41) is 24.9. The van der Waals surface area contributed by atoms with E-state index in [-0.39, 0.29) is 0 Å². The Balaban J connectivity index is 1.64. The van der Waals surface area contributed by atoms with Crippen molar-refractivity contribution >= 4 is 36.6 Å². The molecule has 1 saturated heterocycles. The highest BCUT2D eigenvalue weighted by Gasteiger charge is 2.45. The zero-order chi connectivity index (χ0) is 22.9. The van der Waals surface area contributed by atoms with E-state index in [9.17, 15) is 14.8 Å². The molecule has 12 nitrogen and oxygen atoms in total. The lowest BCUT2D eigenvalue weighted by Gasteiger charge is -2.18. The fraction of sp³-hybridized carbons (Fsp3) is 0.722. The zero-order valence-electron chi connectivity index (χ0n) is 17.6. The number of phosphoric ester groups is 1. The third kappa shape index (κ3) is 5.26. The standard InChI is InChI=1S/C18H28N5O7PS/c1-2-7-32-18-21-15(20-10-5-3-4-6-10)12-16(22-18)23(9-19-12)17-14(25)13(24)11(30-17)8-29-31(26,27)28/h9-11,13-14,17,24-25H,2-8H2,1H3,(H,20,21,22)(H2,26,27,28)/t11-,13-,14-,17-/m1/s1. The molecule has 4 atom stereocenters. The number of hydrogen-bond acceptors (Lipinski definition) is 10. The van der Waals surface area contributed by atoms with Crippen LogP contribution in [0.2, 0.25) is 0 Å². The van der Waals surface area contributed by atoms with Crippen LogP contribution in [0.25, 0.3) is 11.2 Å². The lowest BCUT2D eigenvalue weighted by Crippen LogP contribution is -2.33. The van der Waals surface area contributed by atoms with Gasteiger partial charge in [-0.15, -0.1) is 0 Å². The Hall–Kier alpha value is -1.31. The maximum atomic E-state index is 11.0. The Morgan fingerprint density at radius 2 is 2.03 bits per heavy atom. The van der Waals surface area contributed by atoms with E-state index >= 15 is 0 Å². The Morgan fingerprint density at radius 1 is 1.28 bits per heavy atom. The number of fused-ring (bicyclic) bond motifs is 1. The van der Waals surface area contributed by atoms with E-state index in [2.05, 4.69) is 31.7 Å². The van der Waals surface area contributed by atoms with Gasteiger partial charge in [0.2, 0.25) is 0 Å². The first-order valence-electron chi connectivity index (χ1n) is 10.6. The van der Waals surface area contributed by atoms with Crippen LogP contribution in [0.1, 0.15) is 45.3 Å². The summed E-state index contributed by atoms with van der Waals surface area (Å²) in [5.41, 5.74) is 0.963. The number of imidazole rings is 1. The summed E-state index contributed by atoms with van der Waals surface area (Å²) in [4.78, 5) is 31.5. The normalized spacial score (nSPS) is 26.9. The fourth-order valence-electron chi connectivity index (χ4n) is 3.97. The minimum absolute atomic E-state index is 0.312. The van der Waals surface area contributed by atoms with Gasteiger partial charge in [-0.25, -0.2) is 19.5 Å². The second-order valence-corrected chi connectivity index (χ2v) is 10.3. The molecule has 1 saturated carbocycles. The molecule has 3 heterocycles. The number of anilines is 1. The van der Waals surface area contributed by atoms with E-state index in [1.807, 2.05) is 0 Å². The van der Waals surface area contributed by atoms with Gasteiger partial charge in [-0.2, -0.15) is 0 Å². The molecule has 1 aliphatic heterocycles. The number of ether oxygens (including phenoxy) is 1. The van der Waals surface area contributed by atoms with Gasteiger partial charge in [-0.3, -0.25) is 9.09 Å². The molecular weight excluding hydrogens is 461 g/mol. The summed E-state index contributed by atoms with van der Waals surface area (Å²) in [5.74, 6) is 1.46. The topological polar surface area (TPSA) is 172 Å². The summed E-state index contributed by atoms with van der Waals surface area (Å²) in [6.07, 6.45) is 1.89. The lowest BCUT2D eigenvalue weighted by molar-refractivity contribution is -0.0504. The van der Waals surface area contributed by atoms with Crippen molar-refractivity contribution in [1.29, 1.82) is 0 Å². The SMILES string of the molecule is CCCSc1nc(NC2CCCC2)c2ncn([C@@H]3O[C@H](COP(=O)(O)O)[C@@H](O)[C@H]3O)c2n1. The number of hydrogen-bond donors (Lipinski definition) is 5. The number of nitrogens with zero attached hydrogens (tertiary/aromatic N) is 4. The molecule has 2 fully saturated rings. The van der Waals surface area contributed by atoms with E-state index in [4.69, 9.17) is 14.5 Å². The van der Waals surface area contributed by atoms with Crippen LogP contribution in [0.4, 0.5) is 5.82 Å². The average molecular weight is 489 g/mol. The molecule has 14 heteroatoms. The number of nitrogens with one attached hydrogen (secondary N) is 1. The first-order valence-corrected chi connectivity index (χ1v) is 13.1. The molecule has 32 heavy (non-hydrogen) atoms. The first kappa shape index (κ1) is 23.8. The van der Waals surface area contributed by atoms with E-state index in [1.54, 1.807) is 0 Å². The van der Waals surface area contributed by atoms with Gasteiger partial charge in [0.1, 0.15) is 18.3 Å². The van der Waals surface area contributed by atoms with Crippen LogP contribution in [0, 0.1) is 0 Å². The van der Waals surface area contributed by atoms with E-state index in [1.165, 1.54) is 22.7 Å². The zero-order valence-corrected chi connectivity index (χ0v) is 19.3. The molecule has 0 aromatic carbocycles. The molecule has 0 radical (unpaired) electrons. The van der Waals surface area contributed by atoms with Gasteiger partial charge in [0.25, 0.3) is 0 Å². The molecule has 4 rings (SSSR count). The molecule has 0 unspecified atom stereocenters. The minimum Gasteiger partial charge on any atom is -0.387 e. The number of aliphatic hydroxyl groups is 2. The third-order valence-electron chi connectivity index (χ3n) is 5.55. The molecule has 0 spiro atoms. The van der Waals surface area contributed by atoms with Crippen LogP contribution in [-0.2, 0) is 13.8 Å². The summed E-state index contributed by atoms with van der Waals surface area (Å²) in [7, 11) is -4.75. The van der Waals surface area contributed by atoms with Crippen molar-refractivity contribution in [2.24, 2.45) is 0 Å². The fourth-order valence-corrected chi connectivity index (χ4v) is 5.01. The Labute approximate surface area is 189 Å². The molecule has 178 valence electrons. The van der Waals surface area contributed by atoms with Crippen LogP contribution in [0.15, 0.2) is 11.5 Å². The Kier molecular flexibility index (Phi) is 7.37. The maximum absolute atomic E-state index is 11.0. The molecular formula is C18H28N5O7PS. The third-order valence-corrected chi connectivity index (χ3v) is 7.09. The second-order valence-electron chi connectivity index (χ2n) is 7.99. The van der Waals surface area contributed by atoms with Crippen LogP contribution < -0.4 is 5.32 Å². The number of rotatable bonds is 9. The van der Waals surface area contributed by atoms with Crippen molar-refractivity contribution in [2.45, 2.75) is 74.8 Å². The highest BCUT2D eigenvalue weighted by molar-refractivity contribution is 7.99. The number of thioether (sulfide) groups is 1. The predicted molar refractivity (Wildman–Crippen MR) is 116 cm³/mol. The van der Waals surface area contributed by atoms with E-state index in [0.29, 0.717) is 28.2 Å². The van der Waals surface area contributed by atoms with E-state index < -0.39 is 39.0 Å². The predicted octanol–water partition coefficient (Wildman–Crippen LogP) is 1.41. The highest BCUT2D eigenvalue weighted by atomic mass is 32.2. The van der Waals surface area contributed by atoms with Crippen molar-refractivity contribution in [3.63, 3.8) is 0 Å². The molecule has 1 aliphatic carbocycles. The maximum Gasteiger partial charge on any atom is 0.469 e. The molecule has 2 aromatic heterocycles. The van der Waals surface area contributed by atoms with Crippen molar-refractivity contribution in [1.82, 2.24) is 19.5 Å². The number of aliphatic hydroxyl groups excluding tert-OH is 2. The summed E-state index contributed by atoms with van der Waals surface area (Å²) in [6.45, 7) is 1.49. The van der Waals surface area contributed by atoms with Crippen LogP contribution in [0.5, 0.6) is 0 Å². The van der Waals surface area contributed by atoms with Gasteiger partial charge >= 0.3 is 7.82 Å². The Morgan fingerprint density at radius 3 is 2.72 bits per heavy atom. The second kappa shape index (κ2) is 9.90. The van der Waals surface area contributed by atoms with Crippen molar-refractivity contribution < 1.29 is 33.8 Å². The minimum atomic E-state index is -4.75. The van der Waals surface area contributed by atoms with Crippen molar-refractivity contribution in [3.05, 3.63) is 6.33 Å². The molecule has 0 amide bonds. The largest absolute Gasteiger partial charge is 0.469 e. The van der Waals surface area contributed by atoms with Gasteiger partial charge in [0, 0.05) is 11.8 Å². The van der Waals surface area contributed by atoms with Gasteiger partial charge in [-0.1, -0.05) is 31.5 Å². The first-order chi connectivity index (χ1) is 15.3. The summed E-state index contributed by atoms with van der Waals surface area (Å²) < 4.78 is 22.7. The van der Waals surface area contributed by atoms with Gasteiger partial charge < -0.3 is 30.1 Å². The van der Waals surface area contributed by atoms with Crippen molar-refractivity contribution in [2.75, 3.05) is 17.7 Å². The molecule has 2 aromatic rings. The molecule has 5 N–H and O–H groups in total. The Bertz CT molecular complexity index is 982. The summed E-state index contributed by atoms with van der Waals surface area (Å²) >= 11 is 1.51. The van der Waals surface area contributed by atoms with Crippen LogP contribution >= 0.6 is 19.6 Å². The van der Waals surface area contributed by atoms with Gasteiger partial charge in [0.15, 0.2) is 28.4 Å². The lowest BCUT2D eigenvalue weighted by atomic mass is 10.1. The quantitative estimate of drug-likeness (QED) is 0.195. The summed E-state index contributed by atoms with van der Waals surface area (Å²) in [6, 6.07) is 0.312. The monoisotopic (exact) mass is 489 g/mol. The van der Waals surface area contributed by atoms with Crippen LogP contribution in [0.3, 0.4) is 0 Å². The van der Waals surface area contributed by atoms with Crippen LogP contribution in [-0.4, -0.2) is 76.2 Å². The number of aromatic nitrogens is 4. The molecule has 2 aliphatic rings. The highest BCUT2D eigenvalue weighted by Crippen LogP contribution is 2.39. The number of phosphoric acid groups is 1. The molecule has 0 bridgehead atoms. The van der Waals surface area contributed by atoms with Gasteiger partial charge in [0.05, 0.1) is 12.9 Å². The van der Waals surface area contributed by atoms with Crippen molar-refractivity contribution in [3.8, 4) is 0 Å². The van der Waals surface area contributed by atoms with E-state index in [0.717, 1.165) is 37.9 Å². The van der Waals surface area contributed by atoms with Gasteiger partial charge in [-0.05, 0) is 19.3 Å². The average Bonchev–Trinajstić information content (AvgIpc) is 3.46.